The highest BCUT2D eigenvalue weighted by molar-refractivity contribution is 5.93. The van der Waals surface area contributed by atoms with E-state index in [0.29, 0.717) is 0 Å². The second-order valence-electron chi connectivity index (χ2n) is 5.87. The molecule has 138 valence electrons. The summed E-state index contributed by atoms with van der Waals surface area (Å²) < 4.78 is 90.1. The predicted molar refractivity (Wildman–Crippen MR) is 72.6 cm³/mol. The predicted octanol–water partition coefficient (Wildman–Crippen LogP) is 2.97. The van der Waals surface area contributed by atoms with Crippen molar-refractivity contribution in [3.8, 4) is 0 Å². The number of nitrogens with zero attached hydrogens (tertiary/aromatic N) is 3. The van der Waals surface area contributed by atoms with Crippen molar-refractivity contribution in [2.75, 3.05) is 26.3 Å². The molecule has 0 aromatic rings. The highest BCUT2D eigenvalue weighted by atomic mass is 19.4. The van der Waals surface area contributed by atoms with Crippen molar-refractivity contribution in [1.82, 2.24) is 4.90 Å². The fourth-order valence-electron chi connectivity index (χ4n) is 2.24. The molecular weight excluding hydrogens is 344 g/mol. The van der Waals surface area contributed by atoms with E-state index in [1.807, 2.05) is 0 Å². The summed E-state index contributed by atoms with van der Waals surface area (Å²) in [7, 11) is 0. The van der Waals surface area contributed by atoms with E-state index < -0.39 is 29.9 Å². The molecule has 2 rings (SSSR count). The summed E-state index contributed by atoms with van der Waals surface area (Å²) >= 11 is 0. The van der Waals surface area contributed by atoms with Crippen molar-refractivity contribution in [3.05, 3.63) is 0 Å². The topological polar surface area (TPSA) is 46.4 Å². The Bertz CT molecular complexity index is 507. The maximum absolute atomic E-state index is 13.3. The van der Waals surface area contributed by atoms with E-state index >= 15 is 0 Å². The summed E-state index contributed by atoms with van der Waals surface area (Å²) in [5.74, 6) is -0.872. The molecule has 0 aromatic carbocycles. The van der Waals surface area contributed by atoms with Gasteiger partial charge in [0.15, 0.2) is 5.90 Å². The minimum Gasteiger partial charge on any atom is -0.411 e. The van der Waals surface area contributed by atoms with Crippen LogP contribution >= 0.6 is 0 Å². The van der Waals surface area contributed by atoms with Gasteiger partial charge in [-0.1, -0.05) is 13.8 Å². The molecule has 0 aliphatic carbocycles. The summed E-state index contributed by atoms with van der Waals surface area (Å²) in [6.45, 7) is 3.75. The lowest BCUT2D eigenvalue weighted by Gasteiger charge is -2.37. The zero-order valence-corrected chi connectivity index (χ0v) is 13.0. The third-order valence-corrected chi connectivity index (χ3v) is 3.41. The molecule has 1 saturated heterocycles. The molecule has 5 nitrogen and oxygen atoms in total. The van der Waals surface area contributed by atoms with Crippen molar-refractivity contribution in [3.63, 3.8) is 0 Å². The highest BCUT2D eigenvalue weighted by Gasteiger charge is 2.74. The Balaban J connectivity index is 2.51. The van der Waals surface area contributed by atoms with Gasteiger partial charge >= 0.3 is 18.0 Å². The Labute approximate surface area is 134 Å². The molecule has 0 spiro atoms. The number of aliphatic imine (C=N–C) groups is 2. The maximum atomic E-state index is 13.3. The Kier molecular flexibility index (Phi) is 5.03. The zero-order chi connectivity index (χ0) is 18.2. The van der Waals surface area contributed by atoms with E-state index in [2.05, 4.69) is 9.98 Å². The van der Waals surface area contributed by atoms with Crippen LogP contribution in [0.2, 0.25) is 0 Å². The molecule has 0 amide bonds. The first-order chi connectivity index (χ1) is 11.0. The van der Waals surface area contributed by atoms with Gasteiger partial charge in [-0.05, 0) is 5.92 Å². The SMILES string of the molecule is CC(C)CC1=NC(C(F)(F)F)(C(F)(F)F)N=C(N2CCOCC2)O1. The number of amidine groups is 1. The van der Waals surface area contributed by atoms with Crippen LogP contribution in [0.15, 0.2) is 9.98 Å². The van der Waals surface area contributed by atoms with Gasteiger partial charge < -0.3 is 14.4 Å². The standard InChI is InChI=1S/C13H17F6N3O2/c1-8(2)7-9-20-11(12(14,15)16,13(17,18)19)21-10(24-9)22-3-5-23-6-4-22/h8H,3-7H2,1-2H3. The summed E-state index contributed by atoms with van der Waals surface area (Å²) in [6, 6.07) is -0.724. The molecule has 0 radical (unpaired) electrons. The average molecular weight is 361 g/mol. The minimum absolute atomic E-state index is 0.0829. The lowest BCUT2D eigenvalue weighted by atomic mass is 10.1. The van der Waals surface area contributed by atoms with Crippen LogP contribution in [0.4, 0.5) is 26.3 Å². The van der Waals surface area contributed by atoms with Crippen LogP contribution < -0.4 is 0 Å². The molecule has 2 aliphatic rings. The van der Waals surface area contributed by atoms with Gasteiger partial charge in [-0.3, -0.25) is 0 Å². The molecule has 0 saturated carbocycles. The number of ether oxygens (including phenoxy) is 2. The number of morpholine rings is 1. The van der Waals surface area contributed by atoms with Crippen LogP contribution in [-0.4, -0.2) is 61.1 Å². The van der Waals surface area contributed by atoms with E-state index in [0.717, 1.165) is 0 Å². The quantitative estimate of drug-likeness (QED) is 0.711. The number of hydrogen-bond acceptors (Lipinski definition) is 5. The first-order valence-electron chi connectivity index (χ1n) is 7.29. The first kappa shape index (κ1) is 18.8. The fourth-order valence-corrected chi connectivity index (χ4v) is 2.24. The van der Waals surface area contributed by atoms with E-state index in [1.165, 1.54) is 4.90 Å². The lowest BCUT2D eigenvalue weighted by Crippen LogP contribution is -2.58. The summed E-state index contributed by atoms with van der Waals surface area (Å²) in [4.78, 5) is 6.90. The van der Waals surface area contributed by atoms with E-state index in [4.69, 9.17) is 9.47 Å². The van der Waals surface area contributed by atoms with Gasteiger partial charge in [-0.2, -0.15) is 31.3 Å². The second-order valence-corrected chi connectivity index (χ2v) is 5.87. The van der Waals surface area contributed by atoms with Gasteiger partial charge in [0.25, 0.3) is 6.02 Å². The third kappa shape index (κ3) is 3.60. The van der Waals surface area contributed by atoms with Crippen molar-refractivity contribution in [2.24, 2.45) is 15.9 Å². The summed E-state index contributed by atoms with van der Waals surface area (Å²) in [6.07, 6.45) is -11.7. The van der Waals surface area contributed by atoms with Crippen LogP contribution in [0.3, 0.4) is 0 Å². The van der Waals surface area contributed by atoms with Crippen molar-refractivity contribution in [1.29, 1.82) is 0 Å². The molecule has 0 bridgehead atoms. The Morgan fingerprint density at radius 1 is 1.04 bits per heavy atom. The van der Waals surface area contributed by atoms with Crippen LogP contribution in [0.5, 0.6) is 0 Å². The Hall–Kier alpha value is -1.52. The van der Waals surface area contributed by atoms with Crippen molar-refractivity contribution >= 4 is 11.9 Å². The summed E-state index contributed by atoms with van der Waals surface area (Å²) in [5, 5.41) is 0. The number of halogens is 6. The molecule has 0 N–H and O–H groups in total. The molecule has 0 atom stereocenters. The smallest absolute Gasteiger partial charge is 0.411 e. The summed E-state index contributed by atoms with van der Waals surface area (Å²) in [5.41, 5.74) is -4.55. The molecule has 0 unspecified atom stereocenters. The second kappa shape index (κ2) is 6.41. The van der Waals surface area contributed by atoms with E-state index in [-0.39, 0.29) is 38.6 Å². The Morgan fingerprint density at radius 2 is 1.58 bits per heavy atom. The van der Waals surface area contributed by atoms with Gasteiger partial charge in [0, 0.05) is 19.5 Å². The molecule has 2 aliphatic heterocycles. The van der Waals surface area contributed by atoms with E-state index in [9.17, 15) is 26.3 Å². The molecule has 24 heavy (non-hydrogen) atoms. The third-order valence-electron chi connectivity index (χ3n) is 3.41. The van der Waals surface area contributed by atoms with Gasteiger partial charge in [-0.25, -0.2) is 4.99 Å². The largest absolute Gasteiger partial charge is 0.443 e. The molecule has 11 heteroatoms. The normalized spacial score (nSPS) is 22.1. The lowest BCUT2D eigenvalue weighted by molar-refractivity contribution is -0.294. The van der Waals surface area contributed by atoms with E-state index in [1.54, 1.807) is 13.8 Å². The van der Waals surface area contributed by atoms with Crippen molar-refractivity contribution < 1.29 is 35.8 Å². The average Bonchev–Trinajstić information content (AvgIpc) is 2.44. The van der Waals surface area contributed by atoms with Crippen molar-refractivity contribution in [2.45, 2.75) is 38.3 Å². The molecular formula is C13H17F6N3O2. The van der Waals surface area contributed by atoms with Gasteiger partial charge in [0.2, 0.25) is 0 Å². The highest BCUT2D eigenvalue weighted by Crippen LogP contribution is 2.48. The zero-order valence-electron chi connectivity index (χ0n) is 13.0. The van der Waals surface area contributed by atoms with Gasteiger partial charge in [0.05, 0.1) is 13.2 Å². The Morgan fingerprint density at radius 3 is 2.04 bits per heavy atom. The first-order valence-corrected chi connectivity index (χ1v) is 7.29. The minimum atomic E-state index is -5.74. The van der Waals surface area contributed by atoms with Crippen LogP contribution in [-0.2, 0) is 9.47 Å². The molecule has 1 fully saturated rings. The fraction of sp³-hybridized carbons (Fsp3) is 0.846. The molecule has 2 heterocycles. The van der Waals surface area contributed by atoms with Crippen LogP contribution in [0, 0.1) is 5.92 Å². The maximum Gasteiger partial charge on any atom is 0.443 e. The molecule has 0 aromatic heterocycles. The number of rotatable bonds is 2. The monoisotopic (exact) mass is 361 g/mol. The number of alkyl halides is 6. The van der Waals surface area contributed by atoms with Gasteiger partial charge in [0.1, 0.15) is 0 Å². The van der Waals surface area contributed by atoms with Gasteiger partial charge in [-0.15, -0.1) is 0 Å². The van der Waals surface area contributed by atoms with Crippen LogP contribution in [0.25, 0.3) is 0 Å². The van der Waals surface area contributed by atoms with Crippen LogP contribution in [0.1, 0.15) is 20.3 Å². The number of hydrogen-bond donors (Lipinski definition) is 0.